The second kappa shape index (κ2) is 13.5. The molecule has 0 fully saturated rings. The van der Waals surface area contributed by atoms with E-state index in [0.717, 1.165) is 77.5 Å². The fraction of sp³-hybridized carbons (Fsp3) is 0.345. The van der Waals surface area contributed by atoms with Crippen LogP contribution < -0.4 is 19.6 Å². The predicted molar refractivity (Wildman–Crippen MR) is 265 cm³/mol. The van der Waals surface area contributed by atoms with Crippen LogP contribution in [-0.4, -0.2) is 13.1 Å². The molecule has 65 heavy (non-hydrogen) atoms. The number of hydrogen-bond acceptors (Lipinski definition) is 6. The van der Waals surface area contributed by atoms with Gasteiger partial charge in [-0.05, 0) is 91.0 Å². The number of anilines is 6. The van der Waals surface area contributed by atoms with E-state index in [9.17, 15) is 5.48 Å². The van der Waals surface area contributed by atoms with Crippen LogP contribution >= 0.6 is 0 Å². The van der Waals surface area contributed by atoms with Gasteiger partial charge in [-0.15, -0.1) is 35.6 Å². The molecule has 4 aliphatic rings. The van der Waals surface area contributed by atoms with Crippen molar-refractivity contribution in [2.24, 2.45) is 10.8 Å². The van der Waals surface area contributed by atoms with E-state index in [0.29, 0.717) is 60.0 Å². The maximum Gasteiger partial charge on any atom is 4.00 e. The van der Waals surface area contributed by atoms with Gasteiger partial charge in [-0.25, -0.2) is 0 Å². The Kier molecular flexibility index (Phi) is 7.87. The van der Waals surface area contributed by atoms with Gasteiger partial charge in [-0.3, -0.25) is 0 Å². The van der Waals surface area contributed by atoms with Crippen LogP contribution in [0, 0.1) is 36.3 Å². The summed E-state index contributed by atoms with van der Waals surface area (Å²) in [6.45, 7) is 31.9. The summed E-state index contributed by atoms with van der Waals surface area (Å²) < 4.78 is 53.4. The van der Waals surface area contributed by atoms with Gasteiger partial charge in [-0.1, -0.05) is 130 Å². The van der Waals surface area contributed by atoms with Crippen LogP contribution in [0.3, 0.4) is 0 Å². The summed E-state index contributed by atoms with van der Waals surface area (Å²) in [7, 11) is 0. The van der Waals surface area contributed by atoms with Gasteiger partial charge in [0.05, 0.1) is 5.48 Å². The average molecular weight is 1040 g/mol. The Labute approximate surface area is 404 Å². The minimum absolute atomic E-state index is 0. The Bertz CT molecular complexity index is 3300. The number of fused-ring (bicyclic) bond motifs is 10. The summed E-state index contributed by atoms with van der Waals surface area (Å²) in [6.07, 6.45) is 0. The molecule has 0 spiro atoms. The van der Waals surface area contributed by atoms with Crippen molar-refractivity contribution in [1.82, 2.24) is 0 Å². The molecule has 0 saturated carbocycles. The molecular weight excluding hydrogens is 980 g/mol. The third-order valence-electron chi connectivity index (χ3n) is 17.9. The molecule has 2 aliphatic carbocycles. The zero-order valence-corrected chi connectivity index (χ0v) is 41.7. The van der Waals surface area contributed by atoms with Crippen molar-refractivity contribution in [1.29, 1.82) is 0 Å². The zero-order valence-electron chi connectivity index (χ0n) is 43.4. The maximum absolute atomic E-state index is 10.2. The molecule has 2 aliphatic heterocycles. The van der Waals surface area contributed by atoms with Crippen LogP contribution in [0.25, 0.3) is 43.9 Å². The molecule has 0 N–H and O–H groups in total. The molecule has 4 heterocycles. The standard InChI is InChI=1S/C58H58N4O2.Pt/c1-53(2)41-29-45-47(31-43(41)55(5,6)57(53,9)10)61(35-21-23-51-39(27-35)37-17-13-15-19-49(37)63-51)33-59(45)25-26-60-34-62(36-22-24-52-40(28-36)38-18-14-16-20-50(38)64-52)48-32-44-42(30-46(48)60)54(3,4)58(11,12)56(44,7)8;/h13-20,23-24,27-34H,25-26H2,1-12H3;/q-4;+4/i29D,30D,31D,32D;. The molecule has 0 saturated heterocycles. The molecule has 12 rings (SSSR count). The average Bonchev–Trinajstić information content (AvgIpc) is 4.10. The molecular formula is C58H58N4O2Pt. The Balaban J connectivity index is 0.00000520. The van der Waals surface area contributed by atoms with Crippen LogP contribution in [0.4, 0.5) is 34.1 Å². The van der Waals surface area contributed by atoms with E-state index in [-0.39, 0.29) is 31.9 Å². The topological polar surface area (TPSA) is 39.2 Å². The molecule has 6 nitrogen and oxygen atoms in total. The number of rotatable bonds is 5. The quantitative estimate of drug-likeness (QED) is 0.160. The largest absolute Gasteiger partial charge is 4.00 e. The minimum Gasteiger partial charge on any atom is -0.516 e. The third-order valence-corrected chi connectivity index (χ3v) is 17.9. The Morgan fingerprint density at radius 1 is 0.477 bits per heavy atom. The minimum atomic E-state index is -0.410. The summed E-state index contributed by atoms with van der Waals surface area (Å²) in [4.78, 5) is 8.37. The van der Waals surface area contributed by atoms with Gasteiger partial charge in [0.25, 0.3) is 0 Å². The first-order valence-electron chi connectivity index (χ1n) is 24.8. The van der Waals surface area contributed by atoms with Gasteiger partial charge in [0.15, 0.2) is 0 Å². The van der Waals surface area contributed by atoms with Gasteiger partial charge in [0, 0.05) is 57.8 Å². The van der Waals surface area contributed by atoms with Gasteiger partial charge in [0.2, 0.25) is 0 Å². The Hall–Kier alpha value is -5.19. The molecule has 0 bridgehead atoms. The summed E-state index contributed by atoms with van der Waals surface area (Å²) in [5, 5.41) is 3.93. The second-order valence-corrected chi connectivity index (χ2v) is 21.9. The van der Waals surface area contributed by atoms with Crippen LogP contribution in [0.5, 0.6) is 0 Å². The van der Waals surface area contributed by atoms with Crippen LogP contribution in [-0.2, 0) is 42.7 Å². The number of benzene rings is 6. The van der Waals surface area contributed by atoms with Gasteiger partial charge in [0.1, 0.15) is 11.2 Å². The SMILES string of the molecule is [2H]c1c2c(c([2H])c3c1C(C)(C)C(C)(C)C3(C)C)N(c1[c-]cc3oc4ccccc4c3c1)[CH-]N2CCN1[CH-]N(c2[c-]cc3oc4ccccc4c3c2)c2c([2H])c3c(c([2H])c21)C(C)(C)C(C)(C)C3(C)C.[Pt+4]. The first-order valence-corrected chi connectivity index (χ1v) is 22.8. The molecule has 0 atom stereocenters. The molecule has 7 heteroatoms. The second-order valence-electron chi connectivity index (χ2n) is 21.9. The molecule has 0 amide bonds. The smallest absolute Gasteiger partial charge is 0.516 e. The van der Waals surface area contributed by atoms with E-state index in [1.165, 1.54) is 0 Å². The monoisotopic (exact) mass is 1040 g/mol. The first kappa shape index (κ1) is 38.0. The summed E-state index contributed by atoms with van der Waals surface area (Å²) in [5.74, 6) is 0. The molecule has 8 aromatic rings. The number of nitrogens with zero attached hydrogens (tertiary/aromatic N) is 4. The summed E-state index contributed by atoms with van der Waals surface area (Å²) in [5.41, 5.74) is 8.84. The van der Waals surface area contributed by atoms with Crippen molar-refractivity contribution in [3.05, 3.63) is 145 Å². The van der Waals surface area contributed by atoms with Crippen LogP contribution in [0.2, 0.25) is 0 Å². The maximum atomic E-state index is 10.2. The van der Waals surface area contributed by atoms with Gasteiger partial charge in [-0.2, -0.15) is 25.5 Å². The molecule has 0 unspecified atom stereocenters. The number of para-hydroxylation sites is 2. The first-order chi connectivity index (χ1) is 31.9. The van der Waals surface area contributed by atoms with Crippen molar-refractivity contribution in [2.45, 2.75) is 105 Å². The predicted octanol–water partition coefficient (Wildman–Crippen LogP) is 15.1. The summed E-state index contributed by atoms with van der Waals surface area (Å²) >= 11 is 0. The molecule has 0 radical (unpaired) electrons. The van der Waals surface area contributed by atoms with E-state index >= 15 is 0 Å². The Morgan fingerprint density at radius 3 is 1.18 bits per heavy atom. The normalized spacial score (nSPS) is 21.0. The van der Waals surface area contributed by atoms with Crippen molar-refractivity contribution in [3.63, 3.8) is 0 Å². The van der Waals surface area contributed by atoms with E-state index in [1.807, 2.05) is 61.9 Å². The van der Waals surface area contributed by atoms with Gasteiger partial charge >= 0.3 is 21.1 Å². The number of hydrogen-bond donors (Lipinski definition) is 0. The fourth-order valence-corrected chi connectivity index (χ4v) is 11.4. The Morgan fingerprint density at radius 2 is 0.815 bits per heavy atom. The van der Waals surface area contributed by atoms with Crippen LogP contribution in [0.15, 0.2) is 106 Å². The molecule has 332 valence electrons. The van der Waals surface area contributed by atoms with E-state index in [2.05, 4.69) is 139 Å². The molecule has 6 aromatic carbocycles. The molecule has 2 aromatic heterocycles. The third kappa shape index (κ3) is 5.38. The summed E-state index contributed by atoms with van der Waals surface area (Å²) in [6, 6.07) is 32.8. The van der Waals surface area contributed by atoms with Gasteiger partial charge < -0.3 is 28.4 Å². The van der Waals surface area contributed by atoms with Crippen molar-refractivity contribution in [3.8, 4) is 0 Å². The van der Waals surface area contributed by atoms with Crippen LogP contribution in [0.1, 0.15) is 111 Å². The zero-order chi connectivity index (χ0) is 48.2. The fourth-order valence-electron chi connectivity index (χ4n) is 11.4. The van der Waals surface area contributed by atoms with Crippen molar-refractivity contribution in [2.75, 3.05) is 32.7 Å². The van der Waals surface area contributed by atoms with Crippen molar-refractivity contribution < 1.29 is 35.4 Å². The van der Waals surface area contributed by atoms with E-state index in [4.69, 9.17) is 8.83 Å². The van der Waals surface area contributed by atoms with E-state index < -0.39 is 21.7 Å². The van der Waals surface area contributed by atoms with Crippen molar-refractivity contribution >= 4 is 78.0 Å². The number of furan rings is 2. The van der Waals surface area contributed by atoms with E-state index in [1.54, 1.807) is 0 Å².